The molecule has 0 unspecified atom stereocenters. The smallest absolute Gasteiger partial charge is 0.262 e. The van der Waals surface area contributed by atoms with E-state index < -0.39 is 15.8 Å². The maximum absolute atomic E-state index is 13.7. The van der Waals surface area contributed by atoms with Crippen molar-refractivity contribution in [1.82, 2.24) is 0 Å². The fourth-order valence-corrected chi connectivity index (χ4v) is 3.54. The minimum absolute atomic E-state index is 0.00635. The zero-order chi connectivity index (χ0) is 19.4. The maximum Gasteiger partial charge on any atom is 0.262 e. The Kier molecular flexibility index (Phi) is 5.43. The van der Waals surface area contributed by atoms with Crippen LogP contribution < -0.4 is 4.72 Å². The number of para-hydroxylation sites is 1. The fourth-order valence-electron chi connectivity index (χ4n) is 2.25. The number of benzene rings is 3. The van der Waals surface area contributed by atoms with Gasteiger partial charge in [0.1, 0.15) is 11.6 Å². The molecule has 5 nitrogen and oxygen atoms in total. The van der Waals surface area contributed by atoms with Crippen LogP contribution >= 0.6 is 11.6 Å². The van der Waals surface area contributed by atoms with Crippen LogP contribution in [-0.4, -0.2) is 19.7 Å². The second kappa shape index (κ2) is 7.77. The quantitative estimate of drug-likeness (QED) is 0.603. The van der Waals surface area contributed by atoms with Crippen molar-refractivity contribution >= 4 is 39.2 Å². The number of hydrogen-bond donors (Lipinski definition) is 2. The van der Waals surface area contributed by atoms with E-state index in [1.165, 1.54) is 60.8 Å². The van der Waals surface area contributed by atoms with Gasteiger partial charge in [0.15, 0.2) is 0 Å². The SMILES string of the molecule is O=S(=O)(Nc1ccccc1F)c1cccc(N=Cc2cc(Cl)ccc2O)c1. The van der Waals surface area contributed by atoms with Gasteiger partial charge in [0.05, 0.1) is 16.3 Å². The molecular formula is C19H14ClFN2O3S. The first-order valence-electron chi connectivity index (χ1n) is 7.75. The normalized spacial score (nSPS) is 11.6. The number of phenols is 1. The van der Waals surface area contributed by atoms with Gasteiger partial charge in [-0.25, -0.2) is 12.8 Å². The summed E-state index contributed by atoms with van der Waals surface area (Å²) < 4.78 is 40.9. The summed E-state index contributed by atoms with van der Waals surface area (Å²) in [7, 11) is -3.99. The Bertz CT molecular complexity index is 1120. The van der Waals surface area contributed by atoms with E-state index in [0.29, 0.717) is 16.3 Å². The van der Waals surface area contributed by atoms with E-state index >= 15 is 0 Å². The number of nitrogens with one attached hydrogen (secondary N) is 1. The number of aromatic hydroxyl groups is 1. The molecule has 0 aliphatic rings. The van der Waals surface area contributed by atoms with Crippen LogP contribution in [0.1, 0.15) is 5.56 Å². The van der Waals surface area contributed by atoms with Crippen LogP contribution in [0.25, 0.3) is 0 Å². The van der Waals surface area contributed by atoms with Gasteiger partial charge in [-0.05, 0) is 48.5 Å². The van der Waals surface area contributed by atoms with Gasteiger partial charge in [0, 0.05) is 16.8 Å². The summed E-state index contributed by atoms with van der Waals surface area (Å²) in [5, 5.41) is 10.2. The summed E-state index contributed by atoms with van der Waals surface area (Å²) in [6, 6.07) is 15.8. The maximum atomic E-state index is 13.7. The second-order valence-electron chi connectivity index (χ2n) is 5.54. The van der Waals surface area contributed by atoms with E-state index in [9.17, 15) is 17.9 Å². The highest BCUT2D eigenvalue weighted by molar-refractivity contribution is 7.92. The van der Waals surface area contributed by atoms with Crippen LogP contribution in [0.3, 0.4) is 0 Å². The summed E-state index contributed by atoms with van der Waals surface area (Å²) in [6.45, 7) is 0. The molecule has 27 heavy (non-hydrogen) atoms. The predicted molar refractivity (Wildman–Crippen MR) is 104 cm³/mol. The Morgan fingerprint density at radius 2 is 1.81 bits per heavy atom. The Morgan fingerprint density at radius 1 is 1.04 bits per heavy atom. The first kappa shape index (κ1) is 18.9. The Hall–Kier alpha value is -2.90. The number of aliphatic imine (C=N–C) groups is 1. The number of anilines is 1. The molecule has 0 bridgehead atoms. The first-order valence-corrected chi connectivity index (χ1v) is 9.61. The summed E-state index contributed by atoms with van der Waals surface area (Å²) in [5.74, 6) is -0.681. The second-order valence-corrected chi connectivity index (χ2v) is 7.66. The number of nitrogens with zero attached hydrogens (tertiary/aromatic N) is 1. The van der Waals surface area contributed by atoms with E-state index in [-0.39, 0.29) is 16.3 Å². The van der Waals surface area contributed by atoms with Crippen LogP contribution in [0.2, 0.25) is 5.02 Å². The lowest BCUT2D eigenvalue weighted by Crippen LogP contribution is -2.13. The van der Waals surface area contributed by atoms with Crippen LogP contribution in [0.5, 0.6) is 5.75 Å². The summed E-state index contributed by atoms with van der Waals surface area (Å²) in [4.78, 5) is 4.09. The molecule has 3 rings (SSSR count). The molecule has 8 heteroatoms. The lowest BCUT2D eigenvalue weighted by molar-refractivity contribution is 0.474. The molecule has 0 saturated carbocycles. The standard InChI is InChI=1S/C19H14ClFN2O3S/c20-14-8-9-19(24)13(10-14)12-22-15-4-3-5-16(11-15)27(25,26)23-18-7-2-1-6-17(18)21/h1-12,23-24H. The first-order chi connectivity index (χ1) is 12.8. The van der Waals surface area contributed by atoms with Gasteiger partial charge in [-0.15, -0.1) is 0 Å². The van der Waals surface area contributed by atoms with E-state index in [2.05, 4.69) is 9.71 Å². The average Bonchev–Trinajstić information content (AvgIpc) is 2.64. The van der Waals surface area contributed by atoms with Crippen molar-refractivity contribution in [2.75, 3.05) is 4.72 Å². The predicted octanol–water partition coefficient (Wildman–Crippen LogP) is 4.74. The molecule has 0 aliphatic carbocycles. The Morgan fingerprint density at radius 3 is 2.59 bits per heavy atom. The van der Waals surface area contributed by atoms with E-state index in [1.807, 2.05) is 0 Å². The average molecular weight is 405 g/mol. The monoisotopic (exact) mass is 404 g/mol. The van der Waals surface area contributed by atoms with Crippen molar-refractivity contribution in [2.24, 2.45) is 4.99 Å². The topological polar surface area (TPSA) is 78.8 Å². The largest absolute Gasteiger partial charge is 0.507 e. The van der Waals surface area contributed by atoms with Gasteiger partial charge >= 0.3 is 0 Å². The Labute approximate surface area is 160 Å². The minimum Gasteiger partial charge on any atom is -0.507 e. The van der Waals surface area contributed by atoms with Gasteiger partial charge in [-0.3, -0.25) is 9.71 Å². The third-order valence-corrected chi connectivity index (χ3v) is 5.19. The molecule has 0 saturated heterocycles. The zero-order valence-electron chi connectivity index (χ0n) is 13.8. The summed E-state index contributed by atoms with van der Waals surface area (Å²) in [6.07, 6.45) is 1.37. The number of sulfonamides is 1. The van der Waals surface area contributed by atoms with Crippen molar-refractivity contribution in [1.29, 1.82) is 0 Å². The molecule has 3 aromatic rings. The third-order valence-electron chi connectivity index (χ3n) is 3.59. The number of hydrogen-bond acceptors (Lipinski definition) is 4. The molecule has 0 atom stereocenters. The highest BCUT2D eigenvalue weighted by Crippen LogP contribution is 2.24. The van der Waals surface area contributed by atoms with Crippen LogP contribution in [0, 0.1) is 5.82 Å². The molecule has 0 radical (unpaired) electrons. The van der Waals surface area contributed by atoms with Crippen LogP contribution in [0.4, 0.5) is 15.8 Å². The number of halogens is 2. The van der Waals surface area contributed by atoms with Crippen molar-refractivity contribution in [2.45, 2.75) is 4.90 Å². The highest BCUT2D eigenvalue weighted by atomic mass is 35.5. The van der Waals surface area contributed by atoms with E-state index in [0.717, 1.165) is 6.07 Å². The van der Waals surface area contributed by atoms with Gasteiger partial charge in [0.2, 0.25) is 0 Å². The number of phenolic OH excluding ortho intramolecular Hbond substituents is 1. The van der Waals surface area contributed by atoms with E-state index in [4.69, 9.17) is 11.6 Å². The molecular weight excluding hydrogens is 391 g/mol. The molecule has 2 N–H and O–H groups in total. The van der Waals surface area contributed by atoms with Gasteiger partial charge < -0.3 is 5.11 Å². The van der Waals surface area contributed by atoms with Crippen molar-refractivity contribution in [3.8, 4) is 5.75 Å². The van der Waals surface area contributed by atoms with Gasteiger partial charge in [0.25, 0.3) is 10.0 Å². The van der Waals surface area contributed by atoms with Crippen molar-refractivity contribution < 1.29 is 17.9 Å². The molecule has 0 heterocycles. The van der Waals surface area contributed by atoms with Crippen molar-refractivity contribution in [3.05, 3.63) is 83.1 Å². The van der Waals surface area contributed by atoms with Gasteiger partial charge in [-0.2, -0.15) is 0 Å². The molecule has 0 aliphatic heterocycles. The lowest BCUT2D eigenvalue weighted by atomic mass is 10.2. The minimum atomic E-state index is -3.99. The molecule has 0 fully saturated rings. The molecule has 0 spiro atoms. The van der Waals surface area contributed by atoms with E-state index in [1.54, 1.807) is 6.07 Å². The molecule has 0 aromatic heterocycles. The van der Waals surface area contributed by atoms with Crippen LogP contribution in [-0.2, 0) is 10.0 Å². The third kappa shape index (κ3) is 4.64. The molecule has 3 aromatic carbocycles. The highest BCUT2D eigenvalue weighted by Gasteiger charge is 2.16. The Balaban J connectivity index is 1.88. The molecule has 138 valence electrons. The number of rotatable bonds is 5. The lowest BCUT2D eigenvalue weighted by Gasteiger charge is -2.09. The van der Waals surface area contributed by atoms with Crippen LogP contribution in [0.15, 0.2) is 76.6 Å². The fraction of sp³-hybridized carbons (Fsp3) is 0. The zero-order valence-corrected chi connectivity index (χ0v) is 15.4. The summed E-state index contributed by atoms with van der Waals surface area (Å²) >= 11 is 5.88. The molecule has 0 amide bonds. The summed E-state index contributed by atoms with van der Waals surface area (Å²) in [5.41, 5.74) is 0.585. The van der Waals surface area contributed by atoms with Crippen molar-refractivity contribution in [3.63, 3.8) is 0 Å². The van der Waals surface area contributed by atoms with Gasteiger partial charge in [-0.1, -0.05) is 29.8 Å².